The predicted octanol–water partition coefficient (Wildman–Crippen LogP) is 4.92. The number of carboxylic acid groups (broad SMARTS) is 1. The second kappa shape index (κ2) is 7.55. The van der Waals surface area contributed by atoms with Gasteiger partial charge in [-0.2, -0.15) is 5.10 Å². The van der Waals surface area contributed by atoms with Gasteiger partial charge in [0.1, 0.15) is 11.6 Å². The van der Waals surface area contributed by atoms with Gasteiger partial charge in [-0.05, 0) is 61.9 Å². The van der Waals surface area contributed by atoms with Gasteiger partial charge in [0.05, 0.1) is 23.2 Å². The Labute approximate surface area is 182 Å². The zero-order chi connectivity index (χ0) is 22.5. The lowest BCUT2D eigenvalue weighted by Gasteiger charge is -2.25. The summed E-state index contributed by atoms with van der Waals surface area (Å²) in [6.45, 7) is 0. The van der Waals surface area contributed by atoms with E-state index in [1.807, 2.05) is 10.9 Å². The molecule has 0 atom stereocenters. The highest BCUT2D eigenvalue weighted by Gasteiger charge is 2.54. The summed E-state index contributed by atoms with van der Waals surface area (Å²) < 4.78 is 30.4. The smallest absolute Gasteiger partial charge is 0.336 e. The first-order chi connectivity index (χ1) is 15.4. The second-order valence-electron chi connectivity index (χ2n) is 8.49. The molecule has 2 fully saturated rings. The number of rotatable bonds is 6. The largest absolute Gasteiger partial charge is 0.478 e. The van der Waals surface area contributed by atoms with Gasteiger partial charge in [0.2, 0.25) is 5.91 Å². The quantitative estimate of drug-likeness (QED) is 0.573. The Balaban J connectivity index is 1.42. The number of amides is 1. The van der Waals surface area contributed by atoms with Crippen molar-refractivity contribution in [1.82, 2.24) is 9.78 Å². The molecule has 1 aromatic heterocycles. The third kappa shape index (κ3) is 3.36. The number of carboxylic acids is 1. The van der Waals surface area contributed by atoms with Crippen molar-refractivity contribution in [3.05, 3.63) is 71.6 Å². The van der Waals surface area contributed by atoms with E-state index < -0.39 is 28.9 Å². The highest BCUT2D eigenvalue weighted by atomic mass is 19.1. The van der Waals surface area contributed by atoms with E-state index >= 15 is 0 Å². The first kappa shape index (κ1) is 20.4. The van der Waals surface area contributed by atoms with Gasteiger partial charge in [-0.3, -0.25) is 9.48 Å². The van der Waals surface area contributed by atoms with E-state index in [1.165, 1.54) is 12.1 Å². The van der Waals surface area contributed by atoms with Crippen LogP contribution in [0, 0.1) is 11.6 Å². The molecule has 1 amide bonds. The normalized spacial score (nSPS) is 16.9. The van der Waals surface area contributed by atoms with E-state index in [1.54, 1.807) is 18.3 Å². The van der Waals surface area contributed by atoms with Crippen molar-refractivity contribution >= 4 is 17.6 Å². The van der Waals surface area contributed by atoms with Crippen molar-refractivity contribution in [3.8, 4) is 11.1 Å². The number of aromatic carboxylic acids is 1. The van der Waals surface area contributed by atoms with Crippen LogP contribution in [-0.4, -0.2) is 26.8 Å². The maximum Gasteiger partial charge on any atom is 0.336 e. The summed E-state index contributed by atoms with van der Waals surface area (Å²) in [5.74, 6) is -3.22. The van der Waals surface area contributed by atoms with E-state index in [9.17, 15) is 23.5 Å². The molecule has 0 spiro atoms. The molecule has 2 aliphatic carbocycles. The summed E-state index contributed by atoms with van der Waals surface area (Å²) in [5.41, 5.74) is -0.0810. The fourth-order valence-electron chi connectivity index (χ4n) is 4.30. The van der Waals surface area contributed by atoms with Crippen molar-refractivity contribution in [2.24, 2.45) is 0 Å². The molecule has 0 unspecified atom stereocenters. The molecular weight excluding hydrogens is 416 g/mol. The zero-order valence-corrected chi connectivity index (χ0v) is 17.1. The van der Waals surface area contributed by atoms with Gasteiger partial charge in [0, 0.05) is 23.0 Å². The molecular formula is C24H21F2N3O3. The highest BCUT2D eigenvalue weighted by molar-refractivity contribution is 6.03. The number of nitrogens with one attached hydrogen (secondary N) is 1. The highest BCUT2D eigenvalue weighted by Crippen LogP contribution is 2.50. The van der Waals surface area contributed by atoms with Crippen LogP contribution in [0.15, 0.2) is 48.8 Å². The van der Waals surface area contributed by atoms with Gasteiger partial charge in [0.15, 0.2) is 0 Å². The molecule has 1 heterocycles. The third-order valence-corrected chi connectivity index (χ3v) is 6.50. The molecule has 0 saturated heterocycles. The Morgan fingerprint density at radius 2 is 1.84 bits per heavy atom. The number of aromatic nitrogens is 2. The molecule has 164 valence electrons. The van der Waals surface area contributed by atoms with Gasteiger partial charge in [-0.1, -0.05) is 12.1 Å². The molecule has 2 aliphatic rings. The van der Waals surface area contributed by atoms with Crippen molar-refractivity contribution in [2.75, 3.05) is 5.32 Å². The summed E-state index contributed by atoms with van der Waals surface area (Å²) in [4.78, 5) is 24.9. The maximum atomic E-state index is 14.3. The third-order valence-electron chi connectivity index (χ3n) is 6.50. The summed E-state index contributed by atoms with van der Waals surface area (Å²) in [7, 11) is 0. The number of benzene rings is 2. The lowest BCUT2D eigenvalue weighted by Crippen LogP contribution is -2.29. The average Bonchev–Trinajstić information content (AvgIpc) is 3.38. The Kier molecular flexibility index (Phi) is 4.80. The van der Waals surface area contributed by atoms with E-state index in [2.05, 4.69) is 10.4 Å². The zero-order valence-electron chi connectivity index (χ0n) is 17.1. The molecule has 8 heteroatoms. The van der Waals surface area contributed by atoms with Gasteiger partial charge in [-0.15, -0.1) is 0 Å². The topological polar surface area (TPSA) is 84.2 Å². The molecule has 3 aromatic rings. The molecule has 0 bridgehead atoms. The van der Waals surface area contributed by atoms with Crippen LogP contribution in [-0.2, 0) is 10.2 Å². The van der Waals surface area contributed by atoms with Gasteiger partial charge in [0.25, 0.3) is 0 Å². The van der Waals surface area contributed by atoms with E-state index in [0.717, 1.165) is 31.4 Å². The summed E-state index contributed by atoms with van der Waals surface area (Å²) in [6, 6.07) is 8.44. The van der Waals surface area contributed by atoms with Crippen molar-refractivity contribution in [2.45, 2.75) is 43.6 Å². The van der Waals surface area contributed by atoms with Gasteiger partial charge >= 0.3 is 5.97 Å². The minimum absolute atomic E-state index is 0.0119. The van der Waals surface area contributed by atoms with Crippen LogP contribution >= 0.6 is 0 Å². The van der Waals surface area contributed by atoms with Gasteiger partial charge in [-0.25, -0.2) is 13.6 Å². The Bertz CT molecular complexity index is 1210. The minimum atomic E-state index is -1.28. The van der Waals surface area contributed by atoms with Crippen LogP contribution in [0.5, 0.6) is 0 Å². The number of hydrogen-bond acceptors (Lipinski definition) is 3. The molecule has 0 aliphatic heterocycles. The number of carbonyl (C=O) groups excluding carboxylic acids is 1. The van der Waals surface area contributed by atoms with Crippen LogP contribution in [0.1, 0.15) is 54.1 Å². The maximum absolute atomic E-state index is 14.3. The van der Waals surface area contributed by atoms with Crippen LogP contribution in [0.4, 0.5) is 14.5 Å². The number of anilines is 1. The summed E-state index contributed by atoms with van der Waals surface area (Å²) in [6.07, 6.45) is 7.39. The lowest BCUT2D eigenvalue weighted by atomic mass is 9.93. The molecule has 32 heavy (non-hydrogen) atoms. The molecule has 2 aromatic carbocycles. The van der Waals surface area contributed by atoms with E-state index in [4.69, 9.17) is 0 Å². The van der Waals surface area contributed by atoms with Crippen LogP contribution in [0.2, 0.25) is 0 Å². The predicted molar refractivity (Wildman–Crippen MR) is 113 cm³/mol. The lowest BCUT2D eigenvalue weighted by molar-refractivity contribution is -0.118. The Morgan fingerprint density at radius 3 is 2.44 bits per heavy atom. The van der Waals surface area contributed by atoms with Crippen molar-refractivity contribution in [3.63, 3.8) is 0 Å². The fraction of sp³-hybridized carbons (Fsp3) is 0.292. The van der Waals surface area contributed by atoms with Crippen molar-refractivity contribution in [1.29, 1.82) is 0 Å². The first-order valence-electron chi connectivity index (χ1n) is 10.6. The standard InChI is InChI=1S/C24H21F2N3O3/c25-19-5-2-6-20(26)21(19)24(9-10-24)23(32)28-15-7-8-17(18(11-15)22(30)31)14-12-27-29(13-14)16-3-1-4-16/h2,5-8,11-13,16H,1,3-4,9-10H2,(H,28,32)(H,30,31). The SMILES string of the molecule is O=C(O)c1cc(NC(=O)C2(c3c(F)cccc3F)CC2)ccc1-c1cnn(C2CCC2)c1. The minimum Gasteiger partial charge on any atom is -0.478 e. The Morgan fingerprint density at radius 1 is 1.12 bits per heavy atom. The van der Waals surface area contributed by atoms with Crippen LogP contribution < -0.4 is 5.32 Å². The van der Waals surface area contributed by atoms with Gasteiger partial charge < -0.3 is 10.4 Å². The number of halogens is 2. The molecule has 0 radical (unpaired) electrons. The molecule has 5 rings (SSSR count). The van der Waals surface area contributed by atoms with Crippen LogP contribution in [0.3, 0.4) is 0 Å². The van der Waals surface area contributed by atoms with E-state index in [-0.39, 0.29) is 16.8 Å². The van der Waals surface area contributed by atoms with Crippen molar-refractivity contribution < 1.29 is 23.5 Å². The number of hydrogen-bond donors (Lipinski definition) is 2. The van der Waals surface area contributed by atoms with Crippen LogP contribution in [0.25, 0.3) is 11.1 Å². The second-order valence-corrected chi connectivity index (χ2v) is 8.49. The summed E-state index contributed by atoms with van der Waals surface area (Å²) in [5, 5.41) is 16.8. The number of carbonyl (C=O) groups is 2. The monoisotopic (exact) mass is 437 g/mol. The number of nitrogens with zero attached hydrogens (tertiary/aromatic N) is 2. The molecule has 2 N–H and O–H groups in total. The average molecular weight is 437 g/mol. The Hall–Kier alpha value is -3.55. The molecule has 6 nitrogen and oxygen atoms in total. The van der Waals surface area contributed by atoms with E-state index in [0.29, 0.717) is 30.0 Å². The summed E-state index contributed by atoms with van der Waals surface area (Å²) >= 11 is 0. The first-order valence-corrected chi connectivity index (χ1v) is 10.6. The fourth-order valence-corrected chi connectivity index (χ4v) is 4.30. The molecule has 2 saturated carbocycles.